The second-order valence-electron chi connectivity index (χ2n) is 6.48. The molecule has 2 amide bonds. The molecule has 6 nitrogen and oxygen atoms in total. The Morgan fingerprint density at radius 3 is 2.61 bits per heavy atom. The molecule has 150 valence electrons. The molecule has 1 saturated heterocycles. The lowest BCUT2D eigenvalue weighted by atomic mass is 10.2. The average molecular weight is 420 g/mol. The van der Waals surface area contributed by atoms with Gasteiger partial charge in [0, 0.05) is 42.0 Å². The van der Waals surface area contributed by atoms with Crippen LogP contribution in [0.1, 0.15) is 17.8 Å². The largest absolute Gasteiger partial charge is 0.379 e. The number of amides is 2. The van der Waals surface area contributed by atoms with Crippen LogP contribution in [0, 0.1) is 0 Å². The fraction of sp³-hybridized carbons (Fsp3) is 0.400. The number of hydrogen-bond donors (Lipinski definition) is 2. The molecule has 1 aromatic heterocycles. The minimum atomic E-state index is -0.0969. The number of nitrogens with zero attached hydrogens (tertiary/aromatic N) is 1. The van der Waals surface area contributed by atoms with Crippen molar-refractivity contribution in [3.63, 3.8) is 0 Å². The Kier molecular flexibility index (Phi) is 7.90. The summed E-state index contributed by atoms with van der Waals surface area (Å²) in [4.78, 5) is 28.1. The number of anilines is 1. The Morgan fingerprint density at radius 2 is 1.96 bits per heavy atom. The maximum atomic E-state index is 12.4. The highest BCUT2D eigenvalue weighted by Crippen LogP contribution is 2.25. The summed E-state index contributed by atoms with van der Waals surface area (Å²) in [6, 6.07) is 11.9. The van der Waals surface area contributed by atoms with Crippen LogP contribution in [0.2, 0.25) is 0 Å². The summed E-state index contributed by atoms with van der Waals surface area (Å²) in [5.41, 5.74) is 0.755. The van der Waals surface area contributed by atoms with Gasteiger partial charge in [-0.3, -0.25) is 14.5 Å². The molecule has 2 N–H and O–H groups in total. The smallest absolute Gasteiger partial charge is 0.230 e. The van der Waals surface area contributed by atoms with Gasteiger partial charge in [-0.15, -0.1) is 23.1 Å². The maximum absolute atomic E-state index is 12.4. The first-order valence-electron chi connectivity index (χ1n) is 9.24. The van der Waals surface area contributed by atoms with E-state index in [-0.39, 0.29) is 17.9 Å². The van der Waals surface area contributed by atoms with Crippen molar-refractivity contribution in [1.82, 2.24) is 10.2 Å². The summed E-state index contributed by atoms with van der Waals surface area (Å²) in [6.45, 7) is 5.32. The number of nitrogens with one attached hydrogen (secondary N) is 2. The van der Waals surface area contributed by atoms with Crippen molar-refractivity contribution >= 4 is 40.6 Å². The molecule has 0 aliphatic carbocycles. The molecule has 1 aliphatic rings. The molecule has 0 saturated carbocycles. The van der Waals surface area contributed by atoms with Crippen molar-refractivity contribution in [2.45, 2.75) is 17.9 Å². The summed E-state index contributed by atoms with van der Waals surface area (Å²) in [5, 5.41) is 7.89. The van der Waals surface area contributed by atoms with E-state index >= 15 is 0 Å². The third kappa shape index (κ3) is 6.34. The first kappa shape index (κ1) is 20.9. The Labute approximate surface area is 173 Å². The van der Waals surface area contributed by atoms with Gasteiger partial charge in [-0.2, -0.15) is 0 Å². The van der Waals surface area contributed by atoms with Crippen molar-refractivity contribution in [1.29, 1.82) is 0 Å². The van der Waals surface area contributed by atoms with Gasteiger partial charge < -0.3 is 15.4 Å². The number of hydrogen-bond acceptors (Lipinski definition) is 6. The fourth-order valence-electron chi connectivity index (χ4n) is 3.03. The molecule has 1 atom stereocenters. The van der Waals surface area contributed by atoms with E-state index in [2.05, 4.69) is 33.0 Å². The highest BCUT2D eigenvalue weighted by molar-refractivity contribution is 8.00. The Balaban J connectivity index is 1.48. The molecule has 0 unspecified atom stereocenters. The molecule has 2 heterocycles. The third-order valence-electron chi connectivity index (χ3n) is 4.40. The van der Waals surface area contributed by atoms with Gasteiger partial charge in [0.15, 0.2) is 0 Å². The van der Waals surface area contributed by atoms with Crippen LogP contribution in [0.25, 0.3) is 0 Å². The van der Waals surface area contributed by atoms with E-state index in [1.165, 1.54) is 23.6 Å². The summed E-state index contributed by atoms with van der Waals surface area (Å²) in [5.74, 6) is 0.283. The van der Waals surface area contributed by atoms with Gasteiger partial charge in [0.1, 0.15) is 0 Å². The lowest BCUT2D eigenvalue weighted by molar-refractivity contribution is -0.119. The molecule has 8 heteroatoms. The SMILES string of the molecule is CC(=O)Nc1ccc(SCC(=O)NC[C@@H](c2cccs2)N2CCOCC2)cc1. The Morgan fingerprint density at radius 1 is 1.21 bits per heavy atom. The van der Waals surface area contributed by atoms with E-state index in [4.69, 9.17) is 4.74 Å². The molecule has 28 heavy (non-hydrogen) atoms. The van der Waals surface area contributed by atoms with E-state index in [9.17, 15) is 9.59 Å². The molecule has 2 aromatic rings. The first-order valence-corrected chi connectivity index (χ1v) is 11.1. The molecule has 3 rings (SSSR count). The molecule has 0 bridgehead atoms. The van der Waals surface area contributed by atoms with Gasteiger partial charge in [-0.05, 0) is 35.7 Å². The number of carbonyl (C=O) groups excluding carboxylic acids is 2. The van der Waals surface area contributed by atoms with Gasteiger partial charge >= 0.3 is 0 Å². The van der Waals surface area contributed by atoms with E-state index in [1.807, 2.05) is 24.3 Å². The first-order chi connectivity index (χ1) is 13.6. The zero-order valence-corrected chi connectivity index (χ0v) is 17.5. The van der Waals surface area contributed by atoms with Crippen LogP contribution in [0.5, 0.6) is 0 Å². The van der Waals surface area contributed by atoms with Gasteiger partial charge in [0.2, 0.25) is 11.8 Å². The fourth-order valence-corrected chi connectivity index (χ4v) is 4.62. The summed E-state index contributed by atoms with van der Waals surface area (Å²) < 4.78 is 5.46. The van der Waals surface area contributed by atoms with Crippen LogP contribution >= 0.6 is 23.1 Å². The monoisotopic (exact) mass is 419 g/mol. The highest BCUT2D eigenvalue weighted by atomic mass is 32.2. The van der Waals surface area contributed by atoms with Gasteiger partial charge in [-0.25, -0.2) is 0 Å². The Hall–Kier alpha value is -1.87. The number of carbonyl (C=O) groups is 2. The summed E-state index contributed by atoms with van der Waals surface area (Å²) in [6.07, 6.45) is 0. The van der Waals surface area contributed by atoms with E-state index in [0.717, 1.165) is 36.9 Å². The Bertz CT molecular complexity index is 760. The van der Waals surface area contributed by atoms with Crippen LogP contribution in [0.3, 0.4) is 0 Å². The number of ether oxygens (including phenoxy) is 1. The second-order valence-corrected chi connectivity index (χ2v) is 8.51. The average Bonchev–Trinajstić information content (AvgIpc) is 3.22. The number of morpholine rings is 1. The van der Waals surface area contributed by atoms with E-state index in [1.54, 1.807) is 11.3 Å². The topological polar surface area (TPSA) is 70.7 Å². The number of rotatable bonds is 8. The third-order valence-corrected chi connectivity index (χ3v) is 6.38. The maximum Gasteiger partial charge on any atom is 0.230 e. The van der Waals surface area contributed by atoms with Gasteiger partial charge in [0.25, 0.3) is 0 Å². The van der Waals surface area contributed by atoms with Crippen molar-refractivity contribution in [2.75, 3.05) is 43.9 Å². The van der Waals surface area contributed by atoms with Gasteiger partial charge in [0.05, 0.1) is 25.0 Å². The van der Waals surface area contributed by atoms with Crippen LogP contribution in [-0.2, 0) is 14.3 Å². The molecule has 1 fully saturated rings. The van der Waals surface area contributed by atoms with Crippen LogP contribution in [0.15, 0.2) is 46.7 Å². The predicted octanol–water partition coefficient (Wildman–Crippen LogP) is 2.99. The van der Waals surface area contributed by atoms with Crippen molar-refractivity contribution in [2.24, 2.45) is 0 Å². The second kappa shape index (κ2) is 10.6. The normalized spacial score (nSPS) is 15.8. The lowest BCUT2D eigenvalue weighted by Crippen LogP contribution is -2.43. The molecular weight excluding hydrogens is 394 g/mol. The van der Waals surface area contributed by atoms with Crippen LogP contribution in [0.4, 0.5) is 5.69 Å². The zero-order chi connectivity index (χ0) is 19.8. The van der Waals surface area contributed by atoms with E-state index in [0.29, 0.717) is 12.3 Å². The zero-order valence-electron chi connectivity index (χ0n) is 15.8. The molecule has 0 radical (unpaired) electrons. The molecular formula is C20H25N3O3S2. The minimum absolute atomic E-state index is 0.0192. The number of thiophene rings is 1. The quantitative estimate of drug-likeness (QED) is 0.644. The molecule has 1 aliphatic heterocycles. The van der Waals surface area contributed by atoms with Crippen molar-refractivity contribution in [3.8, 4) is 0 Å². The molecule has 1 aromatic carbocycles. The van der Waals surface area contributed by atoms with Crippen LogP contribution < -0.4 is 10.6 Å². The lowest BCUT2D eigenvalue weighted by Gasteiger charge is -2.34. The number of benzene rings is 1. The molecule has 0 spiro atoms. The van der Waals surface area contributed by atoms with Crippen molar-refractivity contribution in [3.05, 3.63) is 46.7 Å². The summed E-state index contributed by atoms with van der Waals surface area (Å²) in [7, 11) is 0. The highest BCUT2D eigenvalue weighted by Gasteiger charge is 2.23. The predicted molar refractivity (Wildman–Crippen MR) is 114 cm³/mol. The van der Waals surface area contributed by atoms with Gasteiger partial charge in [-0.1, -0.05) is 6.07 Å². The number of thioether (sulfide) groups is 1. The van der Waals surface area contributed by atoms with Crippen LogP contribution in [-0.4, -0.2) is 55.3 Å². The summed E-state index contributed by atoms with van der Waals surface area (Å²) >= 11 is 3.21. The van der Waals surface area contributed by atoms with E-state index < -0.39 is 0 Å². The van der Waals surface area contributed by atoms with Crippen molar-refractivity contribution < 1.29 is 14.3 Å². The standard InChI is InChI=1S/C20H25N3O3S2/c1-15(24)22-16-4-6-17(7-5-16)28-14-20(25)21-13-18(19-3-2-12-27-19)23-8-10-26-11-9-23/h2-7,12,18H,8-11,13-14H2,1H3,(H,21,25)(H,22,24)/t18-/m0/s1. The minimum Gasteiger partial charge on any atom is -0.379 e.